The van der Waals surface area contributed by atoms with Crippen LogP contribution in [0.5, 0.6) is 0 Å². The fourth-order valence-electron chi connectivity index (χ4n) is 4.03. The Morgan fingerprint density at radius 3 is 2.50 bits per heavy atom. The van der Waals surface area contributed by atoms with Crippen LogP contribution in [-0.2, 0) is 17.6 Å². The van der Waals surface area contributed by atoms with Crippen LogP contribution in [0.15, 0.2) is 60.0 Å². The molecule has 0 bridgehead atoms. The number of carbonyl (C=O) groups excluding carboxylic acids is 1. The lowest BCUT2D eigenvalue weighted by molar-refractivity contribution is -0.120. The molecular formula is C26H32N4OS. The van der Waals surface area contributed by atoms with Crippen LogP contribution in [0.3, 0.4) is 0 Å². The molecule has 5 nitrogen and oxygen atoms in total. The van der Waals surface area contributed by atoms with Gasteiger partial charge >= 0.3 is 0 Å². The Kier molecular flexibility index (Phi) is 7.91. The molecule has 0 aliphatic carbocycles. The van der Waals surface area contributed by atoms with E-state index in [0.717, 1.165) is 61.8 Å². The number of para-hydroxylation sites is 1. The molecule has 0 atom stereocenters. The summed E-state index contributed by atoms with van der Waals surface area (Å²) in [4.78, 5) is 21.9. The summed E-state index contributed by atoms with van der Waals surface area (Å²) < 4.78 is 0. The zero-order chi connectivity index (χ0) is 22.2. The molecule has 6 heteroatoms. The molecule has 1 saturated heterocycles. The van der Waals surface area contributed by atoms with Gasteiger partial charge in [0, 0.05) is 49.4 Å². The summed E-state index contributed by atoms with van der Waals surface area (Å²) in [7, 11) is 0. The summed E-state index contributed by atoms with van der Waals surface area (Å²) in [6.07, 6.45) is 2.36. The van der Waals surface area contributed by atoms with Crippen LogP contribution in [-0.4, -0.2) is 55.1 Å². The quantitative estimate of drug-likeness (QED) is 0.498. The average Bonchev–Trinajstić information content (AvgIpc) is 3.31. The van der Waals surface area contributed by atoms with Gasteiger partial charge in [-0.1, -0.05) is 49.4 Å². The molecule has 32 heavy (non-hydrogen) atoms. The number of rotatable bonds is 9. The van der Waals surface area contributed by atoms with E-state index in [1.165, 1.54) is 11.3 Å². The lowest BCUT2D eigenvalue weighted by Crippen LogP contribution is -2.47. The van der Waals surface area contributed by atoms with E-state index in [2.05, 4.69) is 81.6 Å². The third-order valence-corrected chi connectivity index (χ3v) is 6.91. The number of hydrogen-bond acceptors (Lipinski definition) is 5. The molecule has 0 saturated carbocycles. The molecule has 4 rings (SSSR count). The third-order valence-electron chi connectivity index (χ3n) is 5.97. The van der Waals surface area contributed by atoms with Gasteiger partial charge in [-0.05, 0) is 37.1 Å². The molecule has 2 heterocycles. The van der Waals surface area contributed by atoms with Gasteiger partial charge in [0.25, 0.3) is 0 Å². The topological polar surface area (TPSA) is 48.5 Å². The maximum absolute atomic E-state index is 12.3. The second kappa shape index (κ2) is 11.2. The second-order valence-electron chi connectivity index (χ2n) is 8.24. The average molecular weight is 449 g/mol. The summed E-state index contributed by atoms with van der Waals surface area (Å²) in [6, 6.07) is 19.1. The van der Waals surface area contributed by atoms with Crippen molar-refractivity contribution in [3.63, 3.8) is 0 Å². The molecule has 0 unspecified atom stereocenters. The summed E-state index contributed by atoms with van der Waals surface area (Å²) in [5.41, 5.74) is 4.59. The first kappa shape index (κ1) is 22.5. The van der Waals surface area contributed by atoms with E-state index in [0.29, 0.717) is 13.0 Å². The number of nitrogens with zero attached hydrogens (tertiary/aromatic N) is 3. The van der Waals surface area contributed by atoms with Crippen LogP contribution >= 0.6 is 11.3 Å². The Bertz CT molecular complexity index is 979. The van der Waals surface area contributed by atoms with Crippen molar-refractivity contribution in [3.8, 4) is 10.6 Å². The molecule has 3 aromatic rings. The maximum atomic E-state index is 12.3. The summed E-state index contributed by atoms with van der Waals surface area (Å²) >= 11 is 1.60. The molecule has 1 aromatic heterocycles. The number of hydrogen-bond donors (Lipinski definition) is 1. The summed E-state index contributed by atoms with van der Waals surface area (Å²) in [5.74, 6) is 0.0528. The summed E-state index contributed by atoms with van der Waals surface area (Å²) in [5, 5.41) is 6.03. The van der Waals surface area contributed by atoms with E-state index >= 15 is 0 Å². The van der Waals surface area contributed by atoms with Crippen molar-refractivity contribution in [2.24, 2.45) is 0 Å². The van der Waals surface area contributed by atoms with Crippen molar-refractivity contribution in [2.45, 2.75) is 26.2 Å². The van der Waals surface area contributed by atoms with Crippen molar-refractivity contribution in [1.29, 1.82) is 0 Å². The Morgan fingerprint density at radius 1 is 1.03 bits per heavy atom. The van der Waals surface area contributed by atoms with Crippen LogP contribution in [0.1, 0.15) is 24.6 Å². The van der Waals surface area contributed by atoms with Crippen molar-refractivity contribution in [1.82, 2.24) is 15.2 Å². The molecule has 1 aliphatic rings. The van der Waals surface area contributed by atoms with Gasteiger partial charge in [0.1, 0.15) is 5.01 Å². The number of amides is 1. The number of anilines is 1. The van der Waals surface area contributed by atoms with Gasteiger partial charge in [-0.2, -0.15) is 0 Å². The minimum Gasteiger partial charge on any atom is -0.369 e. The van der Waals surface area contributed by atoms with E-state index in [-0.39, 0.29) is 5.91 Å². The predicted molar refractivity (Wildman–Crippen MR) is 133 cm³/mol. The fourth-order valence-corrected chi connectivity index (χ4v) is 4.86. The van der Waals surface area contributed by atoms with Gasteiger partial charge < -0.3 is 10.2 Å². The molecule has 1 amide bonds. The van der Waals surface area contributed by atoms with Crippen molar-refractivity contribution in [2.75, 3.05) is 44.2 Å². The summed E-state index contributed by atoms with van der Waals surface area (Å²) in [6.45, 7) is 8.16. The van der Waals surface area contributed by atoms with E-state index in [1.807, 2.05) is 5.38 Å². The Morgan fingerprint density at radius 2 is 1.78 bits per heavy atom. The second-order valence-corrected chi connectivity index (χ2v) is 9.10. The molecule has 0 spiro atoms. The smallest absolute Gasteiger partial charge is 0.226 e. The van der Waals surface area contributed by atoms with E-state index in [4.69, 9.17) is 0 Å². The Labute approximate surface area is 195 Å². The molecule has 0 radical (unpaired) electrons. The van der Waals surface area contributed by atoms with E-state index < -0.39 is 0 Å². The van der Waals surface area contributed by atoms with Crippen LogP contribution in [0, 0.1) is 0 Å². The van der Waals surface area contributed by atoms with Gasteiger partial charge in [-0.25, -0.2) is 4.98 Å². The minimum absolute atomic E-state index is 0.0528. The highest BCUT2D eigenvalue weighted by atomic mass is 32.1. The third kappa shape index (κ3) is 6.17. The normalized spacial score (nSPS) is 14.5. The monoisotopic (exact) mass is 448 g/mol. The fraction of sp³-hybridized carbons (Fsp3) is 0.385. The first-order valence-corrected chi connectivity index (χ1v) is 12.4. The highest BCUT2D eigenvalue weighted by molar-refractivity contribution is 7.13. The highest BCUT2D eigenvalue weighted by Gasteiger charge is 2.16. The maximum Gasteiger partial charge on any atom is 0.226 e. The van der Waals surface area contributed by atoms with Gasteiger partial charge in [0.05, 0.1) is 12.1 Å². The van der Waals surface area contributed by atoms with Crippen molar-refractivity contribution >= 4 is 22.9 Å². The lowest BCUT2D eigenvalue weighted by atomic mass is 10.1. The largest absolute Gasteiger partial charge is 0.369 e. The molecule has 1 N–H and O–H groups in total. The lowest BCUT2D eigenvalue weighted by Gasteiger charge is -2.36. The van der Waals surface area contributed by atoms with E-state index in [1.54, 1.807) is 11.3 Å². The zero-order valence-electron chi connectivity index (χ0n) is 18.8. The Hall–Kier alpha value is -2.70. The van der Waals surface area contributed by atoms with Gasteiger partial charge in [0.15, 0.2) is 0 Å². The van der Waals surface area contributed by atoms with Crippen LogP contribution in [0.2, 0.25) is 0 Å². The van der Waals surface area contributed by atoms with Gasteiger partial charge in [-0.15, -0.1) is 11.3 Å². The zero-order valence-corrected chi connectivity index (χ0v) is 19.6. The molecule has 1 fully saturated rings. The first-order valence-electron chi connectivity index (χ1n) is 11.5. The molecular weight excluding hydrogens is 416 g/mol. The number of nitrogens with one attached hydrogen (secondary N) is 1. The number of benzene rings is 2. The number of thiazole rings is 1. The molecule has 2 aromatic carbocycles. The minimum atomic E-state index is 0.0528. The van der Waals surface area contributed by atoms with Crippen LogP contribution < -0.4 is 10.2 Å². The van der Waals surface area contributed by atoms with Crippen molar-refractivity contribution < 1.29 is 4.79 Å². The van der Waals surface area contributed by atoms with Gasteiger partial charge in [-0.3, -0.25) is 9.69 Å². The predicted octanol–water partition coefficient (Wildman–Crippen LogP) is 4.24. The SMILES string of the molecule is CCc1ccc(-c2nc(CC(=O)NCCCN3CCN(c4ccccc4)CC3)cs2)cc1. The van der Waals surface area contributed by atoms with Gasteiger partial charge in [0.2, 0.25) is 5.91 Å². The molecule has 168 valence electrons. The number of piperazine rings is 1. The number of carbonyl (C=O) groups is 1. The van der Waals surface area contributed by atoms with E-state index in [9.17, 15) is 4.79 Å². The van der Waals surface area contributed by atoms with Crippen molar-refractivity contribution in [3.05, 3.63) is 71.2 Å². The van der Waals surface area contributed by atoms with Crippen LogP contribution in [0.25, 0.3) is 10.6 Å². The number of aryl methyl sites for hydroxylation is 1. The molecule has 1 aliphatic heterocycles. The standard InChI is InChI=1S/C26H32N4OS/c1-2-21-9-11-22(12-10-21)26-28-23(20-32-26)19-25(31)27-13-6-14-29-15-17-30(18-16-29)24-7-4-3-5-8-24/h3-5,7-12,20H,2,6,13-19H2,1H3,(H,27,31). The van der Waals surface area contributed by atoms with Crippen LogP contribution in [0.4, 0.5) is 5.69 Å². The number of aromatic nitrogens is 1. The Balaban J connectivity index is 1.14. The highest BCUT2D eigenvalue weighted by Crippen LogP contribution is 2.24. The first-order chi connectivity index (χ1) is 15.7.